The number of carbonyl (C=O) groups is 1. The molecule has 3 rings (SSSR count). The van der Waals surface area contributed by atoms with Crippen molar-refractivity contribution >= 4 is 5.91 Å². The Morgan fingerprint density at radius 2 is 1.83 bits per heavy atom. The van der Waals surface area contributed by atoms with E-state index in [0.717, 1.165) is 38.1 Å². The molecule has 0 radical (unpaired) electrons. The number of benzene rings is 1. The van der Waals surface area contributed by atoms with Crippen LogP contribution in [0.4, 0.5) is 0 Å². The Morgan fingerprint density at radius 1 is 1.17 bits per heavy atom. The number of likely N-dealkylation sites (tertiary alicyclic amines) is 1. The molecule has 1 aromatic heterocycles. The summed E-state index contributed by atoms with van der Waals surface area (Å²) in [6.07, 6.45) is 5.30. The zero-order valence-electron chi connectivity index (χ0n) is 13.3. The Morgan fingerprint density at radius 3 is 2.43 bits per heavy atom. The van der Waals surface area contributed by atoms with Gasteiger partial charge in [0.1, 0.15) is 0 Å². The molecule has 0 atom stereocenters. The van der Waals surface area contributed by atoms with E-state index in [1.54, 1.807) is 12.4 Å². The van der Waals surface area contributed by atoms with E-state index >= 15 is 0 Å². The summed E-state index contributed by atoms with van der Waals surface area (Å²) in [6, 6.07) is 9.75. The second-order valence-electron chi connectivity index (χ2n) is 5.61. The predicted molar refractivity (Wildman–Crippen MR) is 88.0 cm³/mol. The number of piperidine rings is 1. The number of ether oxygens (including phenoxy) is 1. The highest BCUT2D eigenvalue weighted by Crippen LogP contribution is 2.17. The summed E-state index contributed by atoms with van der Waals surface area (Å²) < 4.78 is 5.62. The van der Waals surface area contributed by atoms with Crippen molar-refractivity contribution < 1.29 is 9.53 Å². The highest BCUT2D eigenvalue weighted by atomic mass is 16.5. The molecule has 23 heavy (non-hydrogen) atoms. The molecule has 1 aromatic carbocycles. The van der Waals surface area contributed by atoms with Gasteiger partial charge in [-0.3, -0.25) is 4.79 Å². The van der Waals surface area contributed by atoms with Crippen LogP contribution in [0, 0.1) is 0 Å². The van der Waals surface area contributed by atoms with Crippen LogP contribution in [0.1, 0.15) is 30.1 Å². The first-order valence-electron chi connectivity index (χ1n) is 8.06. The van der Waals surface area contributed by atoms with E-state index in [4.69, 9.17) is 4.74 Å². The minimum atomic E-state index is -0.000407. The SMILES string of the molecule is CCOC1CCN(C(=O)c2cnc(-c3ccccc3)nc2)CC1. The highest BCUT2D eigenvalue weighted by molar-refractivity contribution is 5.93. The summed E-state index contributed by atoms with van der Waals surface area (Å²) in [5.74, 6) is 0.636. The van der Waals surface area contributed by atoms with Gasteiger partial charge in [0.05, 0.1) is 11.7 Å². The summed E-state index contributed by atoms with van der Waals surface area (Å²) >= 11 is 0. The van der Waals surface area contributed by atoms with Gasteiger partial charge in [0.25, 0.3) is 5.91 Å². The molecule has 5 nitrogen and oxygen atoms in total. The molecule has 2 aromatic rings. The Kier molecular flexibility index (Phi) is 4.98. The lowest BCUT2D eigenvalue weighted by Gasteiger charge is -2.31. The van der Waals surface area contributed by atoms with E-state index in [-0.39, 0.29) is 12.0 Å². The molecule has 1 fully saturated rings. The largest absolute Gasteiger partial charge is 0.378 e. The number of hydrogen-bond donors (Lipinski definition) is 0. The topological polar surface area (TPSA) is 55.3 Å². The molecule has 1 saturated heterocycles. The molecular formula is C18H21N3O2. The normalized spacial score (nSPS) is 15.6. The number of nitrogens with zero attached hydrogens (tertiary/aromatic N) is 3. The van der Waals surface area contributed by atoms with Gasteiger partial charge in [-0.1, -0.05) is 30.3 Å². The smallest absolute Gasteiger partial charge is 0.256 e. The fraction of sp³-hybridized carbons (Fsp3) is 0.389. The van der Waals surface area contributed by atoms with Gasteiger partial charge in [-0.2, -0.15) is 0 Å². The second kappa shape index (κ2) is 7.33. The van der Waals surface area contributed by atoms with Crippen LogP contribution in [0.25, 0.3) is 11.4 Å². The summed E-state index contributed by atoms with van der Waals surface area (Å²) in [6.45, 7) is 4.18. The highest BCUT2D eigenvalue weighted by Gasteiger charge is 2.24. The monoisotopic (exact) mass is 311 g/mol. The molecule has 0 aliphatic carbocycles. The van der Waals surface area contributed by atoms with Crippen molar-refractivity contribution in [2.45, 2.75) is 25.9 Å². The molecule has 2 heterocycles. The third kappa shape index (κ3) is 3.74. The van der Waals surface area contributed by atoms with Crippen molar-refractivity contribution in [1.82, 2.24) is 14.9 Å². The maximum Gasteiger partial charge on any atom is 0.256 e. The third-order valence-electron chi connectivity index (χ3n) is 4.06. The lowest BCUT2D eigenvalue weighted by Crippen LogP contribution is -2.41. The second-order valence-corrected chi connectivity index (χ2v) is 5.61. The molecule has 1 aliphatic rings. The number of hydrogen-bond acceptors (Lipinski definition) is 4. The summed E-state index contributed by atoms with van der Waals surface area (Å²) in [7, 11) is 0. The van der Waals surface area contributed by atoms with Crippen molar-refractivity contribution in [3.63, 3.8) is 0 Å². The zero-order chi connectivity index (χ0) is 16.1. The van der Waals surface area contributed by atoms with E-state index < -0.39 is 0 Å². The van der Waals surface area contributed by atoms with Crippen LogP contribution >= 0.6 is 0 Å². The van der Waals surface area contributed by atoms with Crippen LogP contribution in [-0.4, -0.2) is 46.6 Å². The Hall–Kier alpha value is -2.27. The zero-order valence-corrected chi connectivity index (χ0v) is 13.3. The fourth-order valence-corrected chi connectivity index (χ4v) is 2.82. The van der Waals surface area contributed by atoms with Crippen LogP contribution < -0.4 is 0 Å². The molecule has 0 unspecified atom stereocenters. The average molecular weight is 311 g/mol. The molecule has 120 valence electrons. The Balaban J connectivity index is 1.64. The van der Waals surface area contributed by atoms with Crippen molar-refractivity contribution in [1.29, 1.82) is 0 Å². The Labute approximate surface area is 136 Å². The average Bonchev–Trinajstić information content (AvgIpc) is 2.63. The summed E-state index contributed by atoms with van der Waals surface area (Å²) in [5.41, 5.74) is 1.49. The van der Waals surface area contributed by atoms with Gasteiger partial charge in [-0.15, -0.1) is 0 Å². The van der Waals surface area contributed by atoms with E-state index in [1.807, 2.05) is 42.2 Å². The van der Waals surface area contributed by atoms with Gasteiger partial charge < -0.3 is 9.64 Å². The molecule has 5 heteroatoms. The number of rotatable bonds is 4. The van der Waals surface area contributed by atoms with Gasteiger partial charge in [-0.05, 0) is 19.8 Å². The molecule has 1 aliphatic heterocycles. The first-order chi connectivity index (χ1) is 11.3. The lowest BCUT2D eigenvalue weighted by atomic mass is 10.1. The molecule has 0 saturated carbocycles. The molecule has 0 N–H and O–H groups in total. The minimum absolute atomic E-state index is 0.000407. The van der Waals surface area contributed by atoms with Gasteiger partial charge in [-0.25, -0.2) is 9.97 Å². The van der Waals surface area contributed by atoms with Gasteiger partial charge >= 0.3 is 0 Å². The van der Waals surface area contributed by atoms with E-state index in [0.29, 0.717) is 11.4 Å². The first kappa shape index (κ1) is 15.6. The van der Waals surface area contributed by atoms with Crippen LogP contribution in [0.15, 0.2) is 42.7 Å². The lowest BCUT2D eigenvalue weighted by molar-refractivity contribution is 0.0146. The summed E-state index contributed by atoms with van der Waals surface area (Å²) in [4.78, 5) is 23.0. The predicted octanol–water partition coefficient (Wildman–Crippen LogP) is 2.78. The fourth-order valence-electron chi connectivity index (χ4n) is 2.82. The van der Waals surface area contributed by atoms with Crippen LogP contribution in [0.3, 0.4) is 0 Å². The van der Waals surface area contributed by atoms with E-state index in [1.165, 1.54) is 0 Å². The quantitative estimate of drug-likeness (QED) is 0.871. The number of aromatic nitrogens is 2. The third-order valence-corrected chi connectivity index (χ3v) is 4.06. The molecular weight excluding hydrogens is 290 g/mol. The number of amides is 1. The van der Waals surface area contributed by atoms with Crippen LogP contribution in [0.5, 0.6) is 0 Å². The maximum absolute atomic E-state index is 12.5. The van der Waals surface area contributed by atoms with Crippen LogP contribution in [-0.2, 0) is 4.74 Å². The first-order valence-corrected chi connectivity index (χ1v) is 8.06. The number of carbonyl (C=O) groups excluding carboxylic acids is 1. The maximum atomic E-state index is 12.5. The van der Waals surface area contributed by atoms with Gasteiger partial charge in [0, 0.05) is 37.7 Å². The molecule has 1 amide bonds. The van der Waals surface area contributed by atoms with Gasteiger partial charge in [0.15, 0.2) is 5.82 Å². The van der Waals surface area contributed by atoms with Gasteiger partial charge in [0.2, 0.25) is 0 Å². The van der Waals surface area contributed by atoms with Crippen molar-refractivity contribution in [2.24, 2.45) is 0 Å². The molecule has 0 spiro atoms. The van der Waals surface area contributed by atoms with E-state index in [9.17, 15) is 4.79 Å². The Bertz CT molecular complexity index is 635. The molecule has 0 bridgehead atoms. The van der Waals surface area contributed by atoms with Crippen molar-refractivity contribution in [3.05, 3.63) is 48.3 Å². The summed E-state index contributed by atoms with van der Waals surface area (Å²) in [5, 5.41) is 0. The standard InChI is InChI=1S/C18H21N3O2/c1-2-23-16-8-10-21(11-9-16)18(22)15-12-19-17(20-13-15)14-6-4-3-5-7-14/h3-7,12-13,16H,2,8-11H2,1H3. The minimum Gasteiger partial charge on any atom is -0.378 e. The van der Waals surface area contributed by atoms with Crippen LogP contribution in [0.2, 0.25) is 0 Å². The van der Waals surface area contributed by atoms with E-state index in [2.05, 4.69) is 9.97 Å². The van der Waals surface area contributed by atoms with Crippen molar-refractivity contribution in [2.75, 3.05) is 19.7 Å². The van der Waals surface area contributed by atoms with Crippen molar-refractivity contribution in [3.8, 4) is 11.4 Å².